The van der Waals surface area contributed by atoms with E-state index >= 15 is 0 Å². The molecule has 0 saturated carbocycles. The smallest absolute Gasteiger partial charge is 0.124 e. The van der Waals surface area contributed by atoms with Crippen LogP contribution in [0.5, 0.6) is 5.75 Å². The maximum atomic E-state index is 13.4. The van der Waals surface area contributed by atoms with Crippen LogP contribution in [0.3, 0.4) is 0 Å². The van der Waals surface area contributed by atoms with Gasteiger partial charge >= 0.3 is 0 Å². The monoisotopic (exact) mass is 268 g/mol. The molecule has 1 aromatic carbocycles. The summed E-state index contributed by atoms with van der Waals surface area (Å²) in [6, 6.07) is 4.21. The molecule has 19 heavy (non-hydrogen) atoms. The molecule has 1 aliphatic rings. The number of halogens is 1. The lowest BCUT2D eigenvalue weighted by Crippen LogP contribution is -2.25. The highest BCUT2D eigenvalue weighted by Gasteiger charge is 2.42. The molecule has 0 bridgehead atoms. The molecule has 1 saturated heterocycles. The molecule has 1 aliphatic heterocycles. The highest BCUT2D eigenvalue weighted by molar-refractivity contribution is 5.36. The first kappa shape index (κ1) is 14.3. The number of aliphatic hydroxyl groups is 1. The lowest BCUT2D eigenvalue weighted by atomic mass is 9.82. The van der Waals surface area contributed by atoms with Crippen molar-refractivity contribution >= 4 is 0 Å². The molecule has 1 fully saturated rings. The van der Waals surface area contributed by atoms with Crippen molar-refractivity contribution in [2.24, 2.45) is 11.8 Å². The zero-order chi connectivity index (χ0) is 14.2. The van der Waals surface area contributed by atoms with Crippen LogP contribution in [0, 0.1) is 17.7 Å². The molecule has 5 unspecified atom stereocenters. The summed E-state index contributed by atoms with van der Waals surface area (Å²) in [6.45, 7) is 5.99. The van der Waals surface area contributed by atoms with Crippen LogP contribution in [0.1, 0.15) is 32.4 Å². The van der Waals surface area contributed by atoms with Crippen LogP contribution in [0.15, 0.2) is 18.2 Å². The van der Waals surface area contributed by atoms with Crippen molar-refractivity contribution in [3.63, 3.8) is 0 Å². The van der Waals surface area contributed by atoms with Gasteiger partial charge in [-0.2, -0.15) is 0 Å². The van der Waals surface area contributed by atoms with Gasteiger partial charge in [0, 0.05) is 11.5 Å². The Hall–Kier alpha value is -1.13. The standard InChI is InChI=1S/C15H21FO3/c1-8-9(2)19-10(3)14(8)15(17)12-7-11(16)5-6-13(12)18-4/h5-10,14-15,17H,1-4H3. The fraction of sp³-hybridized carbons (Fsp3) is 0.600. The Morgan fingerprint density at radius 3 is 2.47 bits per heavy atom. The first-order valence-electron chi connectivity index (χ1n) is 6.62. The highest BCUT2D eigenvalue weighted by atomic mass is 19.1. The summed E-state index contributed by atoms with van der Waals surface area (Å²) in [5.74, 6) is 0.277. The molecule has 1 heterocycles. The minimum absolute atomic E-state index is 0.0621. The van der Waals surface area contributed by atoms with Gasteiger partial charge in [0.15, 0.2) is 0 Å². The zero-order valence-corrected chi connectivity index (χ0v) is 11.8. The molecule has 1 N–H and O–H groups in total. The van der Waals surface area contributed by atoms with E-state index in [1.165, 1.54) is 19.2 Å². The summed E-state index contributed by atoms with van der Waals surface area (Å²) < 4.78 is 24.4. The Labute approximate surface area is 113 Å². The third-order valence-electron chi connectivity index (χ3n) is 4.19. The Morgan fingerprint density at radius 1 is 1.26 bits per heavy atom. The van der Waals surface area contributed by atoms with E-state index in [1.807, 2.05) is 20.8 Å². The van der Waals surface area contributed by atoms with E-state index in [-0.39, 0.29) is 29.9 Å². The van der Waals surface area contributed by atoms with Crippen LogP contribution >= 0.6 is 0 Å². The molecule has 0 aromatic heterocycles. The number of benzene rings is 1. The Kier molecular flexibility index (Phi) is 4.11. The molecule has 0 aliphatic carbocycles. The molecule has 1 aromatic rings. The minimum Gasteiger partial charge on any atom is -0.496 e. The maximum absolute atomic E-state index is 13.4. The number of hydrogen-bond acceptors (Lipinski definition) is 3. The average Bonchev–Trinajstić information content (AvgIpc) is 2.62. The summed E-state index contributed by atoms with van der Waals surface area (Å²) in [5.41, 5.74) is 0.490. The second-order valence-corrected chi connectivity index (χ2v) is 5.31. The molecule has 0 amide bonds. The number of ether oxygens (including phenoxy) is 2. The molecule has 0 radical (unpaired) electrons. The van der Waals surface area contributed by atoms with Gasteiger partial charge in [-0.3, -0.25) is 0 Å². The van der Waals surface area contributed by atoms with Gasteiger partial charge in [-0.25, -0.2) is 4.39 Å². The van der Waals surface area contributed by atoms with Crippen LogP contribution in [0.2, 0.25) is 0 Å². The van der Waals surface area contributed by atoms with Gasteiger partial charge in [0.1, 0.15) is 11.6 Å². The van der Waals surface area contributed by atoms with E-state index in [2.05, 4.69) is 0 Å². The normalized spacial score (nSPS) is 32.3. The summed E-state index contributed by atoms with van der Waals surface area (Å²) >= 11 is 0. The van der Waals surface area contributed by atoms with E-state index in [4.69, 9.17) is 9.47 Å². The van der Waals surface area contributed by atoms with Gasteiger partial charge in [0.05, 0.1) is 25.4 Å². The Bertz CT molecular complexity index is 449. The quantitative estimate of drug-likeness (QED) is 0.916. The van der Waals surface area contributed by atoms with Crippen molar-refractivity contribution < 1.29 is 19.0 Å². The number of hydrogen-bond donors (Lipinski definition) is 1. The van der Waals surface area contributed by atoms with E-state index in [9.17, 15) is 9.50 Å². The van der Waals surface area contributed by atoms with Crippen molar-refractivity contribution in [2.75, 3.05) is 7.11 Å². The summed E-state index contributed by atoms with van der Waals surface area (Å²) in [7, 11) is 1.52. The van der Waals surface area contributed by atoms with Gasteiger partial charge in [-0.05, 0) is 38.0 Å². The van der Waals surface area contributed by atoms with Crippen LogP contribution in [0.4, 0.5) is 4.39 Å². The molecule has 5 atom stereocenters. The molecule has 4 heteroatoms. The SMILES string of the molecule is COc1ccc(F)cc1C(O)C1C(C)OC(C)C1C. The van der Waals surface area contributed by atoms with Crippen molar-refractivity contribution in [3.05, 3.63) is 29.6 Å². The lowest BCUT2D eigenvalue weighted by Gasteiger charge is -2.26. The second-order valence-electron chi connectivity index (χ2n) is 5.31. The maximum Gasteiger partial charge on any atom is 0.124 e. The minimum atomic E-state index is -0.791. The largest absolute Gasteiger partial charge is 0.496 e. The van der Waals surface area contributed by atoms with E-state index in [0.717, 1.165) is 0 Å². The third kappa shape index (κ3) is 2.60. The van der Waals surface area contributed by atoms with E-state index in [0.29, 0.717) is 11.3 Å². The number of methoxy groups -OCH3 is 1. The molecule has 106 valence electrons. The molecular formula is C15H21FO3. The van der Waals surface area contributed by atoms with Gasteiger partial charge in [-0.1, -0.05) is 6.92 Å². The van der Waals surface area contributed by atoms with Gasteiger partial charge in [0.2, 0.25) is 0 Å². The highest BCUT2D eigenvalue weighted by Crippen LogP contribution is 2.42. The predicted molar refractivity (Wildman–Crippen MR) is 70.6 cm³/mol. The first-order chi connectivity index (χ1) is 8.95. The third-order valence-corrected chi connectivity index (χ3v) is 4.19. The summed E-state index contributed by atoms with van der Waals surface area (Å²) in [4.78, 5) is 0. The van der Waals surface area contributed by atoms with Gasteiger partial charge < -0.3 is 14.6 Å². The summed E-state index contributed by atoms with van der Waals surface area (Å²) in [6.07, 6.45) is -0.761. The Morgan fingerprint density at radius 2 is 1.95 bits per heavy atom. The van der Waals surface area contributed by atoms with Crippen molar-refractivity contribution in [2.45, 2.75) is 39.1 Å². The molecule has 3 nitrogen and oxygen atoms in total. The number of aliphatic hydroxyl groups excluding tert-OH is 1. The van der Waals surface area contributed by atoms with Crippen LogP contribution in [-0.4, -0.2) is 24.4 Å². The van der Waals surface area contributed by atoms with Crippen molar-refractivity contribution in [1.82, 2.24) is 0 Å². The van der Waals surface area contributed by atoms with Crippen LogP contribution in [-0.2, 0) is 4.74 Å². The first-order valence-corrected chi connectivity index (χ1v) is 6.62. The van der Waals surface area contributed by atoms with Crippen LogP contribution in [0.25, 0.3) is 0 Å². The second kappa shape index (κ2) is 5.47. The molecule has 0 spiro atoms. The fourth-order valence-corrected chi connectivity index (χ4v) is 2.98. The fourth-order valence-electron chi connectivity index (χ4n) is 2.98. The van der Waals surface area contributed by atoms with Crippen molar-refractivity contribution in [3.8, 4) is 5.75 Å². The topological polar surface area (TPSA) is 38.7 Å². The van der Waals surface area contributed by atoms with E-state index in [1.54, 1.807) is 6.07 Å². The summed E-state index contributed by atoms with van der Waals surface area (Å²) in [5, 5.41) is 10.6. The van der Waals surface area contributed by atoms with Gasteiger partial charge in [-0.15, -0.1) is 0 Å². The van der Waals surface area contributed by atoms with E-state index < -0.39 is 6.10 Å². The number of rotatable bonds is 3. The van der Waals surface area contributed by atoms with Gasteiger partial charge in [0.25, 0.3) is 0 Å². The zero-order valence-electron chi connectivity index (χ0n) is 11.8. The average molecular weight is 268 g/mol. The van der Waals surface area contributed by atoms with Crippen LogP contribution < -0.4 is 4.74 Å². The molecular weight excluding hydrogens is 247 g/mol. The lowest BCUT2D eigenvalue weighted by molar-refractivity contribution is 0.0223. The predicted octanol–water partition coefficient (Wildman–Crippen LogP) is 2.93. The molecule has 2 rings (SSSR count). The van der Waals surface area contributed by atoms with Crippen molar-refractivity contribution in [1.29, 1.82) is 0 Å². The Balaban J connectivity index is 2.33.